The van der Waals surface area contributed by atoms with Gasteiger partial charge in [-0.25, -0.2) is 0 Å². The van der Waals surface area contributed by atoms with Crippen LogP contribution >= 0.6 is 12.2 Å². The number of thiocarbonyl (C=S) groups is 1. The molecule has 2 N–H and O–H groups in total. The zero-order chi connectivity index (χ0) is 14.0. The van der Waals surface area contributed by atoms with Crippen molar-refractivity contribution < 1.29 is 9.53 Å². The molecule has 0 aromatic carbocycles. The minimum atomic E-state index is -0.299. The molecule has 0 saturated carbocycles. The second-order valence-electron chi connectivity index (χ2n) is 3.98. The standard InChI is InChI=1S/C12H25N3O2S/c1-5-15(6-2)11(16)10(3)14-12(18)13-8-7-9-17-4/h10H,5-9H2,1-4H3,(H2,13,14,18). The zero-order valence-corrected chi connectivity index (χ0v) is 12.6. The van der Waals surface area contributed by atoms with Gasteiger partial charge in [-0.15, -0.1) is 0 Å². The first-order valence-corrected chi connectivity index (χ1v) is 6.79. The van der Waals surface area contributed by atoms with Crippen molar-refractivity contribution in [2.45, 2.75) is 33.2 Å². The van der Waals surface area contributed by atoms with Crippen LogP contribution in [0.1, 0.15) is 27.2 Å². The first kappa shape index (κ1) is 17.1. The fraction of sp³-hybridized carbons (Fsp3) is 0.833. The summed E-state index contributed by atoms with van der Waals surface area (Å²) in [6, 6.07) is -0.299. The molecule has 0 spiro atoms. The number of amides is 1. The van der Waals surface area contributed by atoms with Gasteiger partial charge in [0.2, 0.25) is 5.91 Å². The SMILES string of the molecule is CCN(CC)C(=O)C(C)NC(=S)NCCCOC. The van der Waals surface area contributed by atoms with Crippen molar-refractivity contribution in [3.8, 4) is 0 Å². The fourth-order valence-electron chi connectivity index (χ4n) is 1.54. The quantitative estimate of drug-likeness (QED) is 0.505. The molecule has 0 aliphatic heterocycles. The Morgan fingerprint density at radius 1 is 1.39 bits per heavy atom. The number of hydrogen-bond donors (Lipinski definition) is 2. The normalized spacial score (nSPS) is 11.8. The number of nitrogens with zero attached hydrogens (tertiary/aromatic N) is 1. The number of likely N-dealkylation sites (N-methyl/N-ethyl adjacent to an activating group) is 1. The highest BCUT2D eigenvalue weighted by atomic mass is 32.1. The van der Waals surface area contributed by atoms with Crippen LogP contribution in [-0.4, -0.2) is 55.3 Å². The van der Waals surface area contributed by atoms with Crippen LogP contribution in [-0.2, 0) is 9.53 Å². The van der Waals surface area contributed by atoms with Gasteiger partial charge >= 0.3 is 0 Å². The summed E-state index contributed by atoms with van der Waals surface area (Å²) in [5.74, 6) is 0.0704. The number of rotatable bonds is 8. The first-order chi connectivity index (χ1) is 8.56. The topological polar surface area (TPSA) is 53.6 Å². The molecule has 0 aliphatic carbocycles. The summed E-state index contributed by atoms with van der Waals surface area (Å²) >= 11 is 5.12. The van der Waals surface area contributed by atoms with Crippen LogP contribution in [0.3, 0.4) is 0 Å². The molecule has 1 unspecified atom stereocenters. The van der Waals surface area contributed by atoms with E-state index in [0.29, 0.717) is 11.7 Å². The maximum atomic E-state index is 12.0. The smallest absolute Gasteiger partial charge is 0.244 e. The van der Waals surface area contributed by atoms with Gasteiger partial charge in [-0.2, -0.15) is 0 Å². The minimum absolute atomic E-state index is 0.0704. The number of methoxy groups -OCH3 is 1. The number of ether oxygens (including phenoxy) is 1. The number of carbonyl (C=O) groups excluding carboxylic acids is 1. The van der Waals surface area contributed by atoms with E-state index in [0.717, 1.165) is 26.1 Å². The van der Waals surface area contributed by atoms with E-state index in [1.165, 1.54) is 0 Å². The molecule has 1 atom stereocenters. The highest BCUT2D eigenvalue weighted by Crippen LogP contribution is 1.94. The van der Waals surface area contributed by atoms with Crippen molar-refractivity contribution in [2.75, 3.05) is 33.4 Å². The van der Waals surface area contributed by atoms with Crippen LogP contribution in [0.25, 0.3) is 0 Å². The molecule has 106 valence electrons. The molecule has 0 aromatic rings. The van der Waals surface area contributed by atoms with Crippen molar-refractivity contribution in [1.82, 2.24) is 15.5 Å². The predicted octanol–water partition coefficient (Wildman–Crippen LogP) is 0.744. The Labute approximate surface area is 115 Å². The Balaban J connectivity index is 3.95. The van der Waals surface area contributed by atoms with E-state index in [1.54, 1.807) is 12.0 Å². The predicted molar refractivity (Wildman–Crippen MR) is 77.6 cm³/mol. The van der Waals surface area contributed by atoms with Gasteiger partial charge in [0.05, 0.1) is 0 Å². The van der Waals surface area contributed by atoms with E-state index in [1.807, 2.05) is 20.8 Å². The maximum absolute atomic E-state index is 12.0. The highest BCUT2D eigenvalue weighted by Gasteiger charge is 2.18. The molecular weight excluding hydrogens is 250 g/mol. The molecule has 0 heterocycles. The molecular formula is C12H25N3O2S. The Bertz CT molecular complexity index is 258. The zero-order valence-electron chi connectivity index (χ0n) is 11.8. The summed E-state index contributed by atoms with van der Waals surface area (Å²) in [6.45, 7) is 8.63. The Morgan fingerprint density at radius 3 is 2.50 bits per heavy atom. The van der Waals surface area contributed by atoms with Crippen molar-refractivity contribution in [1.29, 1.82) is 0 Å². The second-order valence-corrected chi connectivity index (χ2v) is 4.39. The molecule has 6 heteroatoms. The number of nitrogens with one attached hydrogen (secondary N) is 2. The summed E-state index contributed by atoms with van der Waals surface area (Å²) < 4.78 is 4.94. The van der Waals surface area contributed by atoms with Crippen LogP contribution in [0.2, 0.25) is 0 Å². The summed E-state index contributed by atoms with van der Waals surface area (Å²) in [5, 5.41) is 6.55. The molecule has 0 fully saturated rings. The monoisotopic (exact) mass is 275 g/mol. The summed E-state index contributed by atoms with van der Waals surface area (Å²) in [5.41, 5.74) is 0. The first-order valence-electron chi connectivity index (χ1n) is 6.38. The van der Waals surface area contributed by atoms with Gasteiger partial charge in [0.15, 0.2) is 5.11 Å². The van der Waals surface area contributed by atoms with Crippen LogP contribution in [0.5, 0.6) is 0 Å². The Kier molecular flexibility index (Phi) is 9.59. The number of hydrogen-bond acceptors (Lipinski definition) is 3. The average Bonchev–Trinajstić information content (AvgIpc) is 2.36. The lowest BCUT2D eigenvalue weighted by Gasteiger charge is -2.24. The van der Waals surface area contributed by atoms with E-state index in [4.69, 9.17) is 17.0 Å². The largest absolute Gasteiger partial charge is 0.385 e. The van der Waals surface area contributed by atoms with Crippen molar-refractivity contribution in [3.05, 3.63) is 0 Å². The molecule has 1 amide bonds. The molecule has 5 nitrogen and oxygen atoms in total. The Morgan fingerprint density at radius 2 is 2.00 bits per heavy atom. The lowest BCUT2D eigenvalue weighted by molar-refractivity contribution is -0.132. The second kappa shape index (κ2) is 10.1. The van der Waals surface area contributed by atoms with Gasteiger partial charge in [-0.1, -0.05) is 0 Å². The summed E-state index contributed by atoms with van der Waals surface area (Å²) in [7, 11) is 1.67. The van der Waals surface area contributed by atoms with E-state index in [-0.39, 0.29) is 11.9 Å². The van der Waals surface area contributed by atoms with E-state index >= 15 is 0 Å². The Hall–Kier alpha value is -0.880. The molecule has 18 heavy (non-hydrogen) atoms. The molecule has 0 aliphatic rings. The minimum Gasteiger partial charge on any atom is -0.385 e. The molecule has 0 saturated heterocycles. The third-order valence-electron chi connectivity index (χ3n) is 2.60. The summed E-state index contributed by atoms with van der Waals surface area (Å²) in [6.07, 6.45) is 0.886. The van der Waals surface area contributed by atoms with E-state index in [2.05, 4.69) is 10.6 Å². The van der Waals surface area contributed by atoms with Crippen LogP contribution in [0.15, 0.2) is 0 Å². The van der Waals surface area contributed by atoms with Gasteiger partial charge < -0.3 is 20.3 Å². The molecule has 0 rings (SSSR count). The van der Waals surface area contributed by atoms with Crippen molar-refractivity contribution in [2.24, 2.45) is 0 Å². The highest BCUT2D eigenvalue weighted by molar-refractivity contribution is 7.80. The van der Waals surface area contributed by atoms with Crippen LogP contribution in [0.4, 0.5) is 0 Å². The van der Waals surface area contributed by atoms with E-state index in [9.17, 15) is 4.79 Å². The molecule has 0 radical (unpaired) electrons. The van der Waals surface area contributed by atoms with Gasteiger partial charge in [-0.05, 0) is 39.4 Å². The maximum Gasteiger partial charge on any atom is 0.244 e. The average molecular weight is 275 g/mol. The van der Waals surface area contributed by atoms with Gasteiger partial charge in [-0.3, -0.25) is 4.79 Å². The fourth-order valence-corrected chi connectivity index (χ4v) is 1.82. The van der Waals surface area contributed by atoms with Crippen molar-refractivity contribution in [3.63, 3.8) is 0 Å². The van der Waals surface area contributed by atoms with Crippen LogP contribution in [0, 0.1) is 0 Å². The molecule has 0 bridgehead atoms. The molecule has 0 aromatic heterocycles. The third-order valence-corrected chi connectivity index (χ3v) is 2.87. The van der Waals surface area contributed by atoms with Crippen molar-refractivity contribution >= 4 is 23.2 Å². The lowest BCUT2D eigenvalue weighted by Crippen LogP contribution is -2.49. The van der Waals surface area contributed by atoms with Gasteiger partial charge in [0.1, 0.15) is 6.04 Å². The van der Waals surface area contributed by atoms with Gasteiger partial charge in [0.25, 0.3) is 0 Å². The van der Waals surface area contributed by atoms with E-state index < -0.39 is 0 Å². The summed E-state index contributed by atoms with van der Waals surface area (Å²) in [4.78, 5) is 13.8. The van der Waals surface area contributed by atoms with Gasteiger partial charge in [0, 0.05) is 33.4 Å². The van der Waals surface area contributed by atoms with Crippen LogP contribution < -0.4 is 10.6 Å². The third kappa shape index (κ3) is 6.76. The number of carbonyl (C=O) groups is 1. The lowest BCUT2D eigenvalue weighted by atomic mass is 10.3.